The maximum atomic E-state index is 14.1. The van der Waals surface area contributed by atoms with Crippen molar-refractivity contribution in [3.63, 3.8) is 0 Å². The van der Waals surface area contributed by atoms with Crippen molar-refractivity contribution < 1.29 is 23.4 Å². The molecule has 3 aromatic carbocycles. The number of benzene rings is 3. The van der Waals surface area contributed by atoms with Gasteiger partial charge in [-0.25, -0.2) is 14.2 Å². The van der Waals surface area contributed by atoms with E-state index >= 15 is 0 Å². The van der Waals surface area contributed by atoms with Crippen molar-refractivity contribution >= 4 is 23.4 Å². The van der Waals surface area contributed by atoms with E-state index in [1.54, 1.807) is 60.9 Å². The molecule has 1 aromatic heterocycles. The van der Waals surface area contributed by atoms with Gasteiger partial charge < -0.3 is 14.2 Å². The first-order valence-electron chi connectivity index (χ1n) is 13.3. The predicted octanol–water partition coefficient (Wildman–Crippen LogP) is 4.92. The molecule has 0 N–H and O–H groups in total. The molecule has 41 heavy (non-hydrogen) atoms. The van der Waals surface area contributed by atoms with Gasteiger partial charge in [0.05, 0.1) is 35.1 Å². The SMILES string of the molecule is CCOC(=O)C1=C(C)N=c2s/c(=C/c3ccc(OCc4ccccc4F)c(OCC)c3)c(=O)n2[C@H]1c1ccccc1. The van der Waals surface area contributed by atoms with Gasteiger partial charge >= 0.3 is 5.97 Å². The number of thiazole rings is 1. The van der Waals surface area contributed by atoms with Crippen LogP contribution in [0.2, 0.25) is 0 Å². The number of carbonyl (C=O) groups is 1. The van der Waals surface area contributed by atoms with Gasteiger partial charge in [-0.05, 0) is 56.2 Å². The average molecular weight is 573 g/mol. The molecule has 0 saturated heterocycles. The molecule has 210 valence electrons. The second-order valence-electron chi connectivity index (χ2n) is 9.23. The van der Waals surface area contributed by atoms with Crippen molar-refractivity contribution in [1.82, 2.24) is 4.57 Å². The van der Waals surface area contributed by atoms with Gasteiger partial charge in [0.15, 0.2) is 16.3 Å². The Morgan fingerprint density at radius 3 is 2.49 bits per heavy atom. The van der Waals surface area contributed by atoms with E-state index in [4.69, 9.17) is 14.2 Å². The van der Waals surface area contributed by atoms with E-state index in [1.165, 1.54) is 17.4 Å². The Morgan fingerprint density at radius 2 is 1.76 bits per heavy atom. The maximum absolute atomic E-state index is 14.1. The van der Waals surface area contributed by atoms with Gasteiger partial charge in [0.25, 0.3) is 5.56 Å². The summed E-state index contributed by atoms with van der Waals surface area (Å²) in [7, 11) is 0. The zero-order valence-electron chi connectivity index (χ0n) is 22.9. The molecule has 4 aromatic rings. The van der Waals surface area contributed by atoms with Crippen LogP contribution in [0, 0.1) is 5.82 Å². The molecule has 0 bridgehead atoms. The highest BCUT2D eigenvalue weighted by atomic mass is 32.1. The van der Waals surface area contributed by atoms with Crippen LogP contribution in [0.3, 0.4) is 0 Å². The summed E-state index contributed by atoms with van der Waals surface area (Å²) in [6, 6.07) is 20.5. The largest absolute Gasteiger partial charge is 0.490 e. The van der Waals surface area contributed by atoms with Crippen molar-refractivity contribution in [3.05, 3.63) is 126 Å². The van der Waals surface area contributed by atoms with Crippen molar-refractivity contribution in [2.24, 2.45) is 4.99 Å². The summed E-state index contributed by atoms with van der Waals surface area (Å²) in [5.74, 6) is 0.109. The van der Waals surface area contributed by atoms with Gasteiger partial charge in [0.1, 0.15) is 12.4 Å². The summed E-state index contributed by atoms with van der Waals surface area (Å²) in [6.45, 7) is 6.02. The molecule has 7 nitrogen and oxygen atoms in total. The van der Waals surface area contributed by atoms with Gasteiger partial charge in [-0.3, -0.25) is 9.36 Å². The van der Waals surface area contributed by atoms with Crippen molar-refractivity contribution in [3.8, 4) is 11.5 Å². The van der Waals surface area contributed by atoms with E-state index in [-0.39, 0.29) is 24.6 Å². The van der Waals surface area contributed by atoms with Crippen LogP contribution in [0.15, 0.2) is 93.9 Å². The minimum absolute atomic E-state index is 0.0479. The summed E-state index contributed by atoms with van der Waals surface area (Å²) in [4.78, 5) is 31.9. The number of allylic oxidation sites excluding steroid dienone is 1. The fourth-order valence-corrected chi connectivity index (χ4v) is 5.71. The van der Waals surface area contributed by atoms with Gasteiger partial charge in [-0.15, -0.1) is 0 Å². The summed E-state index contributed by atoms with van der Waals surface area (Å²) in [5, 5.41) is 0. The highest BCUT2D eigenvalue weighted by molar-refractivity contribution is 7.07. The third-order valence-corrected chi connectivity index (χ3v) is 7.52. The van der Waals surface area contributed by atoms with E-state index in [0.29, 0.717) is 44.3 Å². The number of halogens is 1. The molecule has 1 aliphatic heterocycles. The van der Waals surface area contributed by atoms with E-state index in [1.807, 2.05) is 37.3 Å². The van der Waals surface area contributed by atoms with E-state index in [0.717, 1.165) is 11.1 Å². The Bertz CT molecular complexity index is 1790. The van der Waals surface area contributed by atoms with Crippen LogP contribution < -0.4 is 24.4 Å². The first-order valence-corrected chi connectivity index (χ1v) is 14.1. The predicted molar refractivity (Wildman–Crippen MR) is 155 cm³/mol. The third kappa shape index (κ3) is 5.85. The van der Waals surface area contributed by atoms with Crippen LogP contribution in [0.1, 0.15) is 43.5 Å². The lowest BCUT2D eigenvalue weighted by atomic mass is 9.96. The number of ether oxygens (including phenoxy) is 3. The first-order chi connectivity index (χ1) is 19.9. The number of hydrogen-bond donors (Lipinski definition) is 0. The number of rotatable bonds is 9. The molecule has 0 fully saturated rings. The highest BCUT2D eigenvalue weighted by Crippen LogP contribution is 2.31. The molecule has 9 heteroatoms. The summed E-state index contributed by atoms with van der Waals surface area (Å²) in [5.41, 5.74) is 2.52. The monoisotopic (exact) mass is 572 g/mol. The molecule has 0 amide bonds. The van der Waals surface area contributed by atoms with Gasteiger partial charge in [-0.2, -0.15) is 0 Å². The smallest absolute Gasteiger partial charge is 0.338 e. The van der Waals surface area contributed by atoms with Gasteiger partial charge in [0.2, 0.25) is 0 Å². The minimum Gasteiger partial charge on any atom is -0.490 e. The van der Waals surface area contributed by atoms with Crippen LogP contribution in [-0.2, 0) is 16.1 Å². The van der Waals surface area contributed by atoms with E-state index in [2.05, 4.69) is 4.99 Å². The molecule has 5 rings (SSSR count). The Morgan fingerprint density at radius 1 is 1.00 bits per heavy atom. The molecule has 0 saturated carbocycles. The number of esters is 1. The summed E-state index contributed by atoms with van der Waals surface area (Å²) < 4.78 is 33.1. The number of aromatic nitrogens is 1. The normalized spacial score (nSPS) is 14.8. The Labute approximate surface area is 240 Å². The Hall–Kier alpha value is -4.50. The molecule has 0 spiro atoms. The molecule has 1 aliphatic rings. The molecule has 2 heterocycles. The molecule has 0 radical (unpaired) electrons. The maximum Gasteiger partial charge on any atom is 0.338 e. The standard InChI is InChI=1S/C32H29FN2O5S/c1-4-38-26-17-21(15-16-25(26)40-19-23-13-9-10-14-24(23)33)18-27-30(36)35-29(22-11-7-6-8-12-22)28(31(37)39-5-2)20(3)34-32(35)41-27/h6-18,29H,4-5,19H2,1-3H3/b27-18+/t29-/m0/s1. The quantitative estimate of drug-likeness (QED) is 0.266. The number of hydrogen-bond acceptors (Lipinski definition) is 7. The van der Waals surface area contributed by atoms with Crippen molar-refractivity contribution in [1.29, 1.82) is 0 Å². The summed E-state index contributed by atoms with van der Waals surface area (Å²) in [6.07, 6.45) is 1.76. The first kappa shape index (κ1) is 28.0. The second-order valence-corrected chi connectivity index (χ2v) is 10.2. The molecular formula is C32H29FN2O5S. The lowest BCUT2D eigenvalue weighted by molar-refractivity contribution is -0.139. The zero-order chi connectivity index (χ0) is 28.9. The van der Waals surface area contributed by atoms with Crippen LogP contribution in [0.25, 0.3) is 6.08 Å². The van der Waals surface area contributed by atoms with Gasteiger partial charge in [-0.1, -0.05) is 65.9 Å². The fraction of sp³-hybridized carbons (Fsp3) is 0.219. The molecular weight excluding hydrogens is 543 g/mol. The van der Waals surface area contributed by atoms with Gasteiger partial charge in [0, 0.05) is 5.56 Å². The fourth-order valence-electron chi connectivity index (χ4n) is 4.67. The topological polar surface area (TPSA) is 79.1 Å². The molecule has 1 atom stereocenters. The summed E-state index contributed by atoms with van der Waals surface area (Å²) >= 11 is 1.25. The number of carbonyl (C=O) groups excluding carboxylic acids is 1. The van der Waals surface area contributed by atoms with Crippen molar-refractivity contribution in [2.45, 2.75) is 33.4 Å². The van der Waals surface area contributed by atoms with E-state index < -0.39 is 12.0 Å². The Balaban J connectivity index is 1.55. The molecule has 0 aliphatic carbocycles. The van der Waals surface area contributed by atoms with Crippen LogP contribution in [-0.4, -0.2) is 23.8 Å². The van der Waals surface area contributed by atoms with Crippen LogP contribution in [0.5, 0.6) is 11.5 Å². The van der Waals surface area contributed by atoms with Crippen molar-refractivity contribution in [2.75, 3.05) is 13.2 Å². The number of fused-ring (bicyclic) bond motifs is 1. The zero-order valence-corrected chi connectivity index (χ0v) is 23.7. The highest BCUT2D eigenvalue weighted by Gasteiger charge is 2.33. The third-order valence-electron chi connectivity index (χ3n) is 6.54. The minimum atomic E-state index is -0.665. The lowest BCUT2D eigenvalue weighted by Crippen LogP contribution is -2.39. The van der Waals surface area contributed by atoms with Crippen LogP contribution >= 0.6 is 11.3 Å². The lowest BCUT2D eigenvalue weighted by Gasteiger charge is -2.24. The average Bonchev–Trinajstić information content (AvgIpc) is 3.27. The van der Waals surface area contributed by atoms with E-state index in [9.17, 15) is 14.0 Å². The molecule has 0 unspecified atom stereocenters. The van der Waals surface area contributed by atoms with Crippen LogP contribution in [0.4, 0.5) is 4.39 Å². The number of nitrogens with zero attached hydrogens (tertiary/aromatic N) is 2. The second kappa shape index (κ2) is 12.3. The Kier molecular flexibility index (Phi) is 8.45.